The number of hydrogen-bond donors (Lipinski definition) is 1. The SMILES string of the molecule is CC(N)c1csc(-c2ccc(F)c(F)c2)n1. The molecule has 0 radical (unpaired) electrons. The van der Waals surface area contributed by atoms with Gasteiger partial charge in [0.2, 0.25) is 0 Å². The van der Waals surface area contributed by atoms with Crippen LogP contribution in [0.3, 0.4) is 0 Å². The van der Waals surface area contributed by atoms with E-state index < -0.39 is 11.6 Å². The Morgan fingerprint density at radius 1 is 1.31 bits per heavy atom. The fourth-order valence-corrected chi connectivity index (χ4v) is 2.18. The minimum atomic E-state index is -0.866. The molecule has 5 heteroatoms. The van der Waals surface area contributed by atoms with Gasteiger partial charge in [0, 0.05) is 17.0 Å². The minimum absolute atomic E-state index is 0.157. The highest BCUT2D eigenvalue weighted by atomic mass is 32.1. The van der Waals surface area contributed by atoms with Gasteiger partial charge in [-0.1, -0.05) is 0 Å². The summed E-state index contributed by atoms with van der Waals surface area (Å²) < 4.78 is 25.7. The van der Waals surface area contributed by atoms with E-state index in [1.54, 1.807) is 0 Å². The molecular formula is C11H10F2N2S. The van der Waals surface area contributed by atoms with Crippen molar-refractivity contribution in [3.8, 4) is 10.6 Å². The molecule has 0 bridgehead atoms. The Morgan fingerprint density at radius 3 is 2.62 bits per heavy atom. The van der Waals surface area contributed by atoms with Crippen LogP contribution in [0, 0.1) is 11.6 Å². The Balaban J connectivity index is 2.39. The maximum absolute atomic E-state index is 13.0. The summed E-state index contributed by atoms with van der Waals surface area (Å²) in [6, 6.07) is 3.58. The molecule has 2 rings (SSSR count). The van der Waals surface area contributed by atoms with Gasteiger partial charge >= 0.3 is 0 Å². The van der Waals surface area contributed by atoms with E-state index in [0.29, 0.717) is 10.6 Å². The highest BCUT2D eigenvalue weighted by Crippen LogP contribution is 2.26. The number of rotatable bonds is 2. The molecule has 0 saturated heterocycles. The molecule has 1 unspecified atom stereocenters. The number of thiazole rings is 1. The summed E-state index contributed by atoms with van der Waals surface area (Å²) in [5.74, 6) is -1.72. The summed E-state index contributed by atoms with van der Waals surface area (Å²) in [6.07, 6.45) is 0. The first kappa shape index (κ1) is 11.2. The largest absolute Gasteiger partial charge is 0.323 e. The smallest absolute Gasteiger partial charge is 0.159 e. The maximum Gasteiger partial charge on any atom is 0.159 e. The van der Waals surface area contributed by atoms with Gasteiger partial charge in [-0.15, -0.1) is 11.3 Å². The monoisotopic (exact) mass is 240 g/mol. The van der Waals surface area contributed by atoms with Crippen molar-refractivity contribution < 1.29 is 8.78 Å². The summed E-state index contributed by atoms with van der Waals surface area (Å²) in [7, 11) is 0. The third-order valence-corrected chi connectivity index (χ3v) is 3.06. The van der Waals surface area contributed by atoms with Gasteiger partial charge in [0.05, 0.1) is 5.69 Å². The van der Waals surface area contributed by atoms with E-state index >= 15 is 0 Å². The predicted molar refractivity (Wildman–Crippen MR) is 60.1 cm³/mol. The second kappa shape index (κ2) is 4.27. The van der Waals surface area contributed by atoms with E-state index in [-0.39, 0.29) is 6.04 Å². The van der Waals surface area contributed by atoms with Crippen molar-refractivity contribution in [2.24, 2.45) is 5.73 Å². The summed E-state index contributed by atoms with van der Waals surface area (Å²) in [5.41, 5.74) is 6.99. The normalized spacial score (nSPS) is 12.8. The molecule has 0 saturated carbocycles. The first-order valence-electron chi connectivity index (χ1n) is 4.74. The number of halogens is 2. The van der Waals surface area contributed by atoms with E-state index in [9.17, 15) is 8.78 Å². The average molecular weight is 240 g/mol. The molecule has 0 amide bonds. The van der Waals surface area contributed by atoms with Gasteiger partial charge in [0.1, 0.15) is 5.01 Å². The number of nitrogens with zero attached hydrogens (tertiary/aromatic N) is 1. The molecule has 2 N–H and O–H groups in total. The van der Waals surface area contributed by atoms with E-state index in [4.69, 9.17) is 5.73 Å². The lowest BCUT2D eigenvalue weighted by atomic mass is 10.2. The molecule has 1 heterocycles. The number of nitrogens with two attached hydrogens (primary N) is 1. The van der Waals surface area contributed by atoms with Crippen molar-refractivity contribution in [3.05, 3.63) is 40.9 Å². The fourth-order valence-electron chi connectivity index (χ4n) is 1.26. The number of aromatic nitrogens is 1. The van der Waals surface area contributed by atoms with Crippen molar-refractivity contribution in [3.63, 3.8) is 0 Å². The second-order valence-corrected chi connectivity index (χ2v) is 4.35. The van der Waals surface area contributed by atoms with Gasteiger partial charge in [-0.25, -0.2) is 13.8 Å². The van der Waals surface area contributed by atoms with Crippen molar-refractivity contribution in [2.45, 2.75) is 13.0 Å². The molecule has 0 aliphatic carbocycles. The summed E-state index contributed by atoms with van der Waals surface area (Å²) in [4.78, 5) is 4.26. The van der Waals surface area contributed by atoms with Crippen LogP contribution in [0.15, 0.2) is 23.6 Å². The second-order valence-electron chi connectivity index (χ2n) is 3.50. The topological polar surface area (TPSA) is 38.9 Å². The van der Waals surface area contributed by atoms with Crippen molar-refractivity contribution >= 4 is 11.3 Å². The van der Waals surface area contributed by atoms with Crippen molar-refractivity contribution in [1.29, 1.82) is 0 Å². The lowest BCUT2D eigenvalue weighted by Crippen LogP contribution is -2.04. The first-order chi connectivity index (χ1) is 7.58. The molecule has 1 aromatic heterocycles. The van der Waals surface area contributed by atoms with Gasteiger partial charge in [-0.3, -0.25) is 0 Å². The van der Waals surface area contributed by atoms with Crippen LogP contribution in [0.25, 0.3) is 10.6 Å². The molecule has 1 aromatic carbocycles. The van der Waals surface area contributed by atoms with Gasteiger partial charge < -0.3 is 5.73 Å². The minimum Gasteiger partial charge on any atom is -0.323 e. The van der Waals surface area contributed by atoms with E-state index in [2.05, 4.69) is 4.98 Å². The third kappa shape index (κ3) is 2.10. The lowest BCUT2D eigenvalue weighted by molar-refractivity contribution is 0.509. The zero-order valence-electron chi connectivity index (χ0n) is 8.58. The molecule has 0 aliphatic rings. The van der Waals surface area contributed by atoms with Crippen LogP contribution < -0.4 is 5.73 Å². The molecule has 2 aromatic rings. The van der Waals surface area contributed by atoms with E-state index in [0.717, 1.165) is 17.8 Å². The standard InChI is InChI=1S/C11H10F2N2S/c1-6(14)10-5-16-11(15-10)7-2-3-8(12)9(13)4-7/h2-6H,14H2,1H3. The molecule has 0 aliphatic heterocycles. The molecule has 0 spiro atoms. The van der Waals surface area contributed by atoms with Crippen LogP contribution in [-0.4, -0.2) is 4.98 Å². The Bertz CT molecular complexity index is 508. The number of benzene rings is 1. The lowest BCUT2D eigenvalue weighted by Gasteiger charge is -1.99. The molecule has 16 heavy (non-hydrogen) atoms. The van der Waals surface area contributed by atoms with Gasteiger partial charge in [-0.2, -0.15) is 0 Å². The molecule has 1 atom stereocenters. The van der Waals surface area contributed by atoms with Crippen molar-refractivity contribution in [1.82, 2.24) is 4.98 Å². The van der Waals surface area contributed by atoms with Gasteiger partial charge in [0.25, 0.3) is 0 Å². The summed E-state index contributed by atoms with van der Waals surface area (Å²) in [6.45, 7) is 1.82. The van der Waals surface area contributed by atoms with E-state index in [1.165, 1.54) is 17.4 Å². The molecular weight excluding hydrogens is 230 g/mol. The Labute approximate surface area is 95.7 Å². The zero-order chi connectivity index (χ0) is 11.7. The van der Waals surface area contributed by atoms with Crippen LogP contribution in [-0.2, 0) is 0 Å². The Morgan fingerprint density at radius 2 is 2.06 bits per heavy atom. The highest BCUT2D eigenvalue weighted by molar-refractivity contribution is 7.13. The first-order valence-corrected chi connectivity index (χ1v) is 5.62. The van der Waals surface area contributed by atoms with Crippen LogP contribution in [0.4, 0.5) is 8.78 Å². The summed E-state index contributed by atoms with van der Waals surface area (Å²) >= 11 is 1.37. The summed E-state index contributed by atoms with van der Waals surface area (Å²) in [5, 5.41) is 2.47. The molecule has 0 fully saturated rings. The quantitative estimate of drug-likeness (QED) is 0.876. The van der Waals surface area contributed by atoms with Gasteiger partial charge in [-0.05, 0) is 25.1 Å². The van der Waals surface area contributed by atoms with Crippen LogP contribution in [0.2, 0.25) is 0 Å². The fraction of sp³-hybridized carbons (Fsp3) is 0.182. The predicted octanol–water partition coefficient (Wildman–Crippen LogP) is 3.11. The van der Waals surface area contributed by atoms with Gasteiger partial charge in [0.15, 0.2) is 11.6 Å². The number of hydrogen-bond acceptors (Lipinski definition) is 3. The Kier molecular flexibility index (Phi) is 2.98. The third-order valence-electron chi connectivity index (χ3n) is 2.16. The van der Waals surface area contributed by atoms with Crippen LogP contribution in [0.1, 0.15) is 18.7 Å². The van der Waals surface area contributed by atoms with Crippen LogP contribution >= 0.6 is 11.3 Å². The van der Waals surface area contributed by atoms with E-state index in [1.807, 2.05) is 12.3 Å². The van der Waals surface area contributed by atoms with Crippen molar-refractivity contribution in [2.75, 3.05) is 0 Å². The molecule has 2 nitrogen and oxygen atoms in total. The Hall–Kier alpha value is -1.33. The highest BCUT2D eigenvalue weighted by Gasteiger charge is 2.10. The average Bonchev–Trinajstić information content (AvgIpc) is 2.71. The zero-order valence-corrected chi connectivity index (χ0v) is 9.39. The molecule has 84 valence electrons. The maximum atomic E-state index is 13.0. The van der Waals surface area contributed by atoms with Crippen LogP contribution in [0.5, 0.6) is 0 Å².